The number of halogens is 2. The number of hydrogen-bond acceptors (Lipinski definition) is 3. The summed E-state index contributed by atoms with van der Waals surface area (Å²) in [6, 6.07) is 23.6. The maximum atomic E-state index is 13.5. The van der Waals surface area contributed by atoms with Crippen LogP contribution in [0.2, 0.25) is 10.0 Å². The smallest absolute Gasteiger partial charge is 0.161 e. The van der Waals surface area contributed by atoms with E-state index < -0.39 is 5.92 Å². The highest BCUT2D eigenvalue weighted by Crippen LogP contribution is 2.49. The van der Waals surface area contributed by atoms with E-state index in [1.165, 1.54) is 0 Å². The van der Waals surface area contributed by atoms with E-state index in [2.05, 4.69) is 0 Å². The summed E-state index contributed by atoms with van der Waals surface area (Å²) in [6.45, 7) is 0. The van der Waals surface area contributed by atoms with Gasteiger partial charge in [0, 0.05) is 39.8 Å². The molecule has 0 aromatic heterocycles. The molecule has 0 amide bonds. The number of para-hydroxylation sites is 1. The predicted molar refractivity (Wildman–Crippen MR) is 138 cm³/mol. The SMILES string of the molecule is N=C1/C(=C(/O)c2ccccc2)C(c2ccccc2Cl)C2=C(CCCC2=O)N1c1ccccc1Cl. The lowest BCUT2D eigenvalue weighted by Gasteiger charge is -2.42. The van der Waals surface area contributed by atoms with E-state index in [0.29, 0.717) is 57.3 Å². The average molecular weight is 489 g/mol. The average Bonchev–Trinajstić information content (AvgIpc) is 2.85. The van der Waals surface area contributed by atoms with Crippen molar-refractivity contribution in [3.8, 4) is 0 Å². The van der Waals surface area contributed by atoms with Gasteiger partial charge in [-0.3, -0.25) is 15.1 Å². The van der Waals surface area contributed by atoms with Crippen molar-refractivity contribution in [2.75, 3.05) is 4.90 Å². The van der Waals surface area contributed by atoms with Gasteiger partial charge in [0.2, 0.25) is 0 Å². The third-order valence-electron chi connectivity index (χ3n) is 6.37. The molecule has 1 heterocycles. The second-order valence-electron chi connectivity index (χ2n) is 8.36. The molecule has 3 aromatic carbocycles. The molecule has 6 heteroatoms. The highest BCUT2D eigenvalue weighted by molar-refractivity contribution is 6.35. The molecule has 4 nitrogen and oxygen atoms in total. The molecule has 0 saturated carbocycles. The van der Waals surface area contributed by atoms with Gasteiger partial charge in [0.05, 0.1) is 10.7 Å². The number of nitrogens with zero attached hydrogens (tertiary/aromatic N) is 1. The zero-order valence-corrected chi connectivity index (χ0v) is 19.8. The number of aliphatic hydroxyl groups excluding tert-OH is 1. The van der Waals surface area contributed by atoms with Crippen LogP contribution in [-0.4, -0.2) is 16.7 Å². The van der Waals surface area contributed by atoms with Gasteiger partial charge in [-0.05, 0) is 36.6 Å². The van der Waals surface area contributed by atoms with Crippen molar-refractivity contribution < 1.29 is 9.90 Å². The van der Waals surface area contributed by atoms with Gasteiger partial charge in [0.1, 0.15) is 11.6 Å². The Labute approximate surface area is 208 Å². The zero-order chi connectivity index (χ0) is 23.8. The minimum atomic E-state index is -0.664. The van der Waals surface area contributed by atoms with Crippen molar-refractivity contribution >= 4 is 46.3 Å². The molecule has 0 fully saturated rings. The molecular formula is C28H22Cl2N2O2. The van der Waals surface area contributed by atoms with Crippen LogP contribution in [0, 0.1) is 5.41 Å². The number of Topliss-reactive ketones (excluding diaryl/α,β-unsaturated/α-hetero) is 1. The Balaban J connectivity index is 1.87. The molecule has 0 bridgehead atoms. The van der Waals surface area contributed by atoms with E-state index in [0.717, 1.165) is 5.70 Å². The van der Waals surface area contributed by atoms with Crippen molar-refractivity contribution in [2.24, 2.45) is 0 Å². The summed E-state index contributed by atoms with van der Waals surface area (Å²) in [5.41, 5.74) is 3.48. The summed E-state index contributed by atoms with van der Waals surface area (Å²) in [4.78, 5) is 15.2. The minimum Gasteiger partial charge on any atom is -0.507 e. The first-order valence-corrected chi connectivity index (χ1v) is 11.9. The summed E-state index contributed by atoms with van der Waals surface area (Å²) in [5, 5.41) is 21.8. The standard InChI is InChI=1S/C28H22Cl2N2O2/c29-19-12-5-4-11-18(19)24-25-22(15-8-16-23(25)33)32(21-14-7-6-13-20(21)30)28(31)26(24)27(34)17-9-2-1-3-10-17/h1-7,9-14,24,31,34H,8,15-16H2/b27-26+,31-28?. The summed E-state index contributed by atoms with van der Waals surface area (Å²) in [7, 11) is 0. The van der Waals surface area contributed by atoms with Crippen molar-refractivity contribution in [1.82, 2.24) is 0 Å². The molecule has 2 aliphatic rings. The number of ketones is 1. The Kier molecular flexibility index (Phi) is 6.03. The van der Waals surface area contributed by atoms with Crippen LogP contribution in [0.1, 0.15) is 36.3 Å². The molecule has 170 valence electrons. The Hall–Kier alpha value is -3.34. The number of nitrogens with one attached hydrogen (secondary N) is 1. The van der Waals surface area contributed by atoms with Gasteiger partial charge < -0.3 is 5.11 Å². The van der Waals surface area contributed by atoms with E-state index in [4.69, 9.17) is 23.2 Å². The number of amidine groups is 1. The van der Waals surface area contributed by atoms with Gasteiger partial charge in [-0.15, -0.1) is 0 Å². The van der Waals surface area contributed by atoms with Gasteiger partial charge in [0.15, 0.2) is 5.78 Å². The van der Waals surface area contributed by atoms with Crippen molar-refractivity contribution in [3.63, 3.8) is 0 Å². The number of allylic oxidation sites excluding steroid dienone is 2. The number of carbonyl (C=O) groups excluding carboxylic acids is 1. The normalized spacial score (nSPS) is 19.8. The maximum absolute atomic E-state index is 13.5. The zero-order valence-electron chi connectivity index (χ0n) is 18.3. The fraction of sp³-hybridized carbons (Fsp3) is 0.143. The number of rotatable bonds is 3. The molecular weight excluding hydrogens is 467 g/mol. The predicted octanol–water partition coefficient (Wildman–Crippen LogP) is 7.55. The highest BCUT2D eigenvalue weighted by Gasteiger charge is 2.44. The van der Waals surface area contributed by atoms with Crippen molar-refractivity contribution in [3.05, 3.63) is 117 Å². The largest absolute Gasteiger partial charge is 0.507 e. The molecule has 3 aromatic rings. The molecule has 1 aliphatic heterocycles. The molecule has 0 radical (unpaired) electrons. The van der Waals surface area contributed by atoms with Crippen LogP contribution in [0.5, 0.6) is 0 Å². The Bertz CT molecular complexity index is 1360. The second kappa shape index (κ2) is 9.13. The van der Waals surface area contributed by atoms with Gasteiger partial charge in [0.25, 0.3) is 0 Å². The third-order valence-corrected chi connectivity index (χ3v) is 7.03. The number of anilines is 1. The molecule has 5 rings (SSSR count). The number of aliphatic hydroxyl groups is 1. The van der Waals surface area contributed by atoms with Crippen LogP contribution < -0.4 is 4.90 Å². The number of benzene rings is 3. The van der Waals surface area contributed by atoms with Crippen LogP contribution in [-0.2, 0) is 4.79 Å². The topological polar surface area (TPSA) is 64.4 Å². The van der Waals surface area contributed by atoms with E-state index in [1.807, 2.05) is 54.6 Å². The van der Waals surface area contributed by atoms with E-state index >= 15 is 0 Å². The van der Waals surface area contributed by atoms with E-state index in [-0.39, 0.29) is 17.4 Å². The van der Waals surface area contributed by atoms with Crippen LogP contribution >= 0.6 is 23.2 Å². The van der Waals surface area contributed by atoms with Crippen LogP contribution in [0.4, 0.5) is 5.69 Å². The Morgan fingerprint density at radius 3 is 2.24 bits per heavy atom. The fourth-order valence-corrected chi connectivity index (χ4v) is 5.33. The highest BCUT2D eigenvalue weighted by atomic mass is 35.5. The van der Waals surface area contributed by atoms with E-state index in [9.17, 15) is 15.3 Å². The van der Waals surface area contributed by atoms with Gasteiger partial charge in [-0.1, -0.05) is 83.9 Å². The fourth-order valence-electron chi connectivity index (χ4n) is 4.86. The summed E-state index contributed by atoms with van der Waals surface area (Å²) < 4.78 is 0. The lowest BCUT2D eigenvalue weighted by molar-refractivity contribution is -0.116. The third kappa shape index (κ3) is 3.73. The number of carbonyl (C=O) groups is 1. The molecule has 0 saturated heterocycles. The van der Waals surface area contributed by atoms with Gasteiger partial charge >= 0.3 is 0 Å². The molecule has 34 heavy (non-hydrogen) atoms. The van der Waals surface area contributed by atoms with Gasteiger partial charge in [-0.2, -0.15) is 0 Å². The molecule has 0 spiro atoms. The molecule has 1 aliphatic carbocycles. The first-order chi connectivity index (χ1) is 16.5. The van der Waals surface area contributed by atoms with Crippen LogP contribution in [0.25, 0.3) is 5.76 Å². The minimum absolute atomic E-state index is 0.00548. The first-order valence-electron chi connectivity index (χ1n) is 11.1. The van der Waals surface area contributed by atoms with Crippen molar-refractivity contribution in [2.45, 2.75) is 25.2 Å². The van der Waals surface area contributed by atoms with Crippen molar-refractivity contribution in [1.29, 1.82) is 5.41 Å². The molecule has 1 unspecified atom stereocenters. The second-order valence-corrected chi connectivity index (χ2v) is 9.17. The Morgan fingerprint density at radius 1 is 0.882 bits per heavy atom. The summed E-state index contributed by atoms with van der Waals surface area (Å²) >= 11 is 13.2. The quantitative estimate of drug-likeness (QED) is 0.374. The van der Waals surface area contributed by atoms with Crippen LogP contribution in [0.15, 0.2) is 95.7 Å². The monoisotopic (exact) mass is 488 g/mol. The van der Waals surface area contributed by atoms with Crippen LogP contribution in [0.3, 0.4) is 0 Å². The lowest BCUT2D eigenvalue weighted by atomic mass is 9.73. The number of hydrogen-bond donors (Lipinski definition) is 2. The molecule has 1 atom stereocenters. The lowest BCUT2D eigenvalue weighted by Crippen LogP contribution is -2.42. The van der Waals surface area contributed by atoms with E-state index in [1.54, 1.807) is 29.2 Å². The Morgan fingerprint density at radius 2 is 1.53 bits per heavy atom. The maximum Gasteiger partial charge on any atom is 0.161 e. The first kappa shape index (κ1) is 22.5. The summed E-state index contributed by atoms with van der Waals surface area (Å²) in [5.74, 6) is -0.651. The summed E-state index contributed by atoms with van der Waals surface area (Å²) in [6.07, 6.45) is 1.71. The molecule has 2 N–H and O–H groups in total. The van der Waals surface area contributed by atoms with Gasteiger partial charge in [-0.25, -0.2) is 0 Å².